The minimum Gasteiger partial charge on any atom is -0.501 e. The summed E-state index contributed by atoms with van der Waals surface area (Å²) >= 11 is 0. The maximum atomic E-state index is 12.0. The lowest BCUT2D eigenvalue weighted by atomic mass is 10.2. The molecule has 1 aromatic carbocycles. The number of ether oxygens (including phenoxy) is 1. The summed E-state index contributed by atoms with van der Waals surface area (Å²) in [5.41, 5.74) is -2.54. The number of nitro groups is 1. The van der Waals surface area contributed by atoms with Crippen molar-refractivity contribution in [3.05, 3.63) is 38.7 Å². The van der Waals surface area contributed by atoms with Gasteiger partial charge in [0, 0.05) is 11.5 Å². The quantitative estimate of drug-likeness (QED) is 0.650. The highest BCUT2D eigenvalue weighted by molar-refractivity contribution is 5.88. The molecule has 2 N–H and O–H groups in total. The lowest BCUT2D eigenvalue weighted by Gasteiger charge is -2.09. The average molecular weight is 290 g/mol. The van der Waals surface area contributed by atoms with Crippen LogP contribution in [0.3, 0.4) is 0 Å². The van der Waals surface area contributed by atoms with Crippen molar-refractivity contribution in [1.29, 1.82) is 0 Å². The fraction of sp³-hybridized carbons (Fsp3) is 0.100. The molecule has 0 spiro atoms. The van der Waals surface area contributed by atoms with Crippen molar-refractivity contribution in [3.8, 4) is 11.5 Å². The van der Waals surface area contributed by atoms with Gasteiger partial charge in [-0.2, -0.15) is 0 Å². The SMILES string of the molecule is O=c1[nH]c2cc(OC(F)(F)F)ccc2c(O)c1[N+](=O)[O-]. The first-order valence-corrected chi connectivity index (χ1v) is 4.98. The zero-order valence-electron chi connectivity index (χ0n) is 9.39. The Bertz CT molecular complexity index is 753. The van der Waals surface area contributed by atoms with E-state index in [2.05, 4.69) is 4.74 Å². The highest BCUT2D eigenvalue weighted by Crippen LogP contribution is 2.32. The number of fused-ring (bicyclic) bond motifs is 1. The van der Waals surface area contributed by atoms with E-state index in [4.69, 9.17) is 0 Å². The van der Waals surface area contributed by atoms with Crippen LogP contribution in [-0.4, -0.2) is 21.4 Å². The van der Waals surface area contributed by atoms with Crippen molar-refractivity contribution in [2.75, 3.05) is 0 Å². The van der Waals surface area contributed by atoms with E-state index in [9.17, 15) is 33.2 Å². The van der Waals surface area contributed by atoms with Gasteiger partial charge in [0.2, 0.25) is 5.75 Å². The third-order valence-corrected chi connectivity index (χ3v) is 2.35. The molecule has 0 amide bonds. The smallest absolute Gasteiger partial charge is 0.501 e. The van der Waals surface area contributed by atoms with Gasteiger partial charge in [-0.05, 0) is 12.1 Å². The Labute approximate surface area is 107 Å². The molecule has 0 atom stereocenters. The zero-order chi connectivity index (χ0) is 15.1. The molecule has 0 aliphatic carbocycles. The summed E-state index contributed by atoms with van der Waals surface area (Å²) in [4.78, 5) is 22.9. The number of nitrogens with one attached hydrogen (secondary N) is 1. The van der Waals surface area contributed by atoms with E-state index in [1.807, 2.05) is 4.98 Å². The van der Waals surface area contributed by atoms with Gasteiger partial charge >= 0.3 is 17.6 Å². The summed E-state index contributed by atoms with van der Waals surface area (Å²) in [6.07, 6.45) is -4.92. The molecule has 106 valence electrons. The van der Waals surface area contributed by atoms with Gasteiger partial charge in [-0.25, -0.2) is 0 Å². The number of aromatic nitrogens is 1. The van der Waals surface area contributed by atoms with Crippen molar-refractivity contribution in [2.45, 2.75) is 6.36 Å². The predicted octanol–water partition coefficient (Wildman–Crippen LogP) is 2.04. The van der Waals surface area contributed by atoms with E-state index in [-0.39, 0.29) is 10.9 Å². The Morgan fingerprint density at radius 2 is 2.00 bits per heavy atom. The Hall–Kier alpha value is -2.78. The molecule has 0 saturated heterocycles. The van der Waals surface area contributed by atoms with Crippen molar-refractivity contribution in [2.24, 2.45) is 0 Å². The molecule has 10 heteroatoms. The minimum atomic E-state index is -4.92. The van der Waals surface area contributed by atoms with Crippen LogP contribution in [0.15, 0.2) is 23.0 Å². The van der Waals surface area contributed by atoms with Gasteiger partial charge in [-0.3, -0.25) is 14.9 Å². The first-order chi connectivity index (χ1) is 9.19. The Balaban J connectivity index is 2.64. The minimum absolute atomic E-state index is 0.175. The Morgan fingerprint density at radius 1 is 1.35 bits per heavy atom. The van der Waals surface area contributed by atoms with Crippen molar-refractivity contribution in [3.63, 3.8) is 0 Å². The summed E-state index contributed by atoms with van der Waals surface area (Å²) in [5.74, 6) is -1.55. The fourth-order valence-corrected chi connectivity index (χ4v) is 1.62. The van der Waals surface area contributed by atoms with Crippen molar-refractivity contribution >= 4 is 16.6 Å². The van der Waals surface area contributed by atoms with Crippen LogP contribution in [0, 0.1) is 10.1 Å². The van der Waals surface area contributed by atoms with Crippen LogP contribution in [0.4, 0.5) is 18.9 Å². The number of pyridine rings is 1. The number of benzene rings is 1. The van der Waals surface area contributed by atoms with Crippen molar-refractivity contribution < 1.29 is 27.9 Å². The molecule has 2 rings (SSSR count). The van der Waals surface area contributed by atoms with Crippen molar-refractivity contribution in [1.82, 2.24) is 4.98 Å². The first-order valence-electron chi connectivity index (χ1n) is 4.98. The molecular weight excluding hydrogens is 285 g/mol. The molecule has 20 heavy (non-hydrogen) atoms. The van der Waals surface area contributed by atoms with E-state index in [0.29, 0.717) is 0 Å². The second-order valence-corrected chi connectivity index (χ2v) is 3.66. The highest BCUT2D eigenvalue weighted by atomic mass is 19.4. The lowest BCUT2D eigenvalue weighted by Crippen LogP contribution is -2.17. The lowest BCUT2D eigenvalue weighted by molar-refractivity contribution is -0.387. The predicted molar refractivity (Wildman–Crippen MR) is 59.6 cm³/mol. The number of hydrogen-bond donors (Lipinski definition) is 2. The molecule has 0 aliphatic rings. The Kier molecular flexibility index (Phi) is 3.00. The molecule has 0 aliphatic heterocycles. The van der Waals surface area contributed by atoms with Crippen LogP contribution in [-0.2, 0) is 0 Å². The molecule has 0 radical (unpaired) electrons. The summed E-state index contributed by atoms with van der Waals surface area (Å²) in [6, 6.07) is 2.62. The van der Waals surface area contributed by atoms with Crippen LogP contribution >= 0.6 is 0 Å². The zero-order valence-corrected chi connectivity index (χ0v) is 9.39. The number of nitrogens with zero attached hydrogens (tertiary/aromatic N) is 1. The fourth-order valence-electron chi connectivity index (χ4n) is 1.62. The summed E-state index contributed by atoms with van der Waals surface area (Å²) in [7, 11) is 0. The maximum Gasteiger partial charge on any atom is 0.573 e. The molecule has 0 unspecified atom stereocenters. The third-order valence-electron chi connectivity index (χ3n) is 2.35. The highest BCUT2D eigenvalue weighted by Gasteiger charge is 2.31. The second-order valence-electron chi connectivity index (χ2n) is 3.66. The maximum absolute atomic E-state index is 12.0. The number of H-pyrrole nitrogens is 1. The van der Waals surface area contributed by atoms with Crippen LogP contribution in [0.25, 0.3) is 10.9 Å². The van der Waals surface area contributed by atoms with Crippen LogP contribution in [0.1, 0.15) is 0 Å². The van der Waals surface area contributed by atoms with Gasteiger partial charge in [-0.15, -0.1) is 13.2 Å². The molecule has 7 nitrogen and oxygen atoms in total. The van der Waals surface area contributed by atoms with Gasteiger partial charge in [0.05, 0.1) is 10.4 Å². The monoisotopic (exact) mass is 290 g/mol. The van der Waals surface area contributed by atoms with Crippen LogP contribution < -0.4 is 10.3 Å². The molecule has 0 saturated carbocycles. The summed E-state index contributed by atoms with van der Waals surface area (Å²) < 4.78 is 39.7. The van der Waals surface area contributed by atoms with Crippen LogP contribution in [0.2, 0.25) is 0 Å². The molecular formula is C10H5F3N2O5. The topological polar surface area (TPSA) is 105 Å². The number of hydrogen-bond acceptors (Lipinski definition) is 5. The van der Waals surface area contributed by atoms with Crippen LogP contribution in [0.5, 0.6) is 11.5 Å². The number of alkyl halides is 3. The molecule has 1 aromatic heterocycles. The standard InChI is InChI=1S/C10H5F3N2O5/c11-10(12,13)20-4-1-2-5-6(3-4)14-9(17)7(8(5)16)15(18)19/h1-3H,(H2,14,16,17). The second kappa shape index (κ2) is 4.40. The van der Waals surface area contributed by atoms with E-state index in [1.165, 1.54) is 0 Å². The molecule has 0 fully saturated rings. The largest absolute Gasteiger partial charge is 0.573 e. The van der Waals surface area contributed by atoms with E-state index in [0.717, 1.165) is 18.2 Å². The van der Waals surface area contributed by atoms with E-state index < -0.39 is 34.0 Å². The number of halogens is 3. The Morgan fingerprint density at radius 3 is 2.55 bits per heavy atom. The van der Waals surface area contributed by atoms with E-state index >= 15 is 0 Å². The van der Waals surface area contributed by atoms with Gasteiger partial charge in [0.25, 0.3) is 0 Å². The molecule has 0 bridgehead atoms. The average Bonchev–Trinajstić information content (AvgIpc) is 2.25. The number of rotatable bonds is 2. The molecule has 2 aromatic rings. The van der Waals surface area contributed by atoms with Gasteiger partial charge in [0.1, 0.15) is 5.75 Å². The summed E-state index contributed by atoms with van der Waals surface area (Å²) in [6.45, 7) is 0. The number of aromatic amines is 1. The normalized spacial score (nSPS) is 11.6. The van der Waals surface area contributed by atoms with E-state index in [1.54, 1.807) is 0 Å². The first kappa shape index (κ1) is 13.6. The van der Waals surface area contributed by atoms with Gasteiger partial charge < -0.3 is 14.8 Å². The summed E-state index contributed by atoms with van der Waals surface area (Å²) in [5, 5.41) is 20.0. The van der Waals surface area contributed by atoms with Gasteiger partial charge in [0.15, 0.2) is 0 Å². The van der Waals surface area contributed by atoms with Gasteiger partial charge in [-0.1, -0.05) is 0 Å². The third kappa shape index (κ3) is 2.48. The molecule has 1 heterocycles. The number of aromatic hydroxyl groups is 1.